The molecule has 1 N–H and O–H groups in total. The van der Waals surface area contributed by atoms with E-state index in [-0.39, 0.29) is 51.4 Å². The maximum Gasteiger partial charge on any atom is 0.171 e. The van der Waals surface area contributed by atoms with Gasteiger partial charge in [0.15, 0.2) is 8.77 Å². The van der Waals surface area contributed by atoms with E-state index in [0.717, 1.165) is 5.56 Å². The van der Waals surface area contributed by atoms with E-state index in [1.807, 2.05) is 6.92 Å². The Labute approximate surface area is 120 Å². The van der Waals surface area contributed by atoms with Crippen LogP contribution in [0.2, 0.25) is 0 Å². The van der Waals surface area contributed by atoms with Crippen molar-refractivity contribution in [2.45, 2.75) is 11.8 Å². The van der Waals surface area contributed by atoms with Crippen LogP contribution in [0, 0.1) is 6.92 Å². The second-order valence-electron chi connectivity index (χ2n) is 2.29. The molecule has 0 aromatic heterocycles. The predicted octanol–water partition coefficient (Wildman–Crippen LogP) is 1.19. The first-order valence-electron chi connectivity index (χ1n) is 3.04. The Bertz CT molecular complexity index is 342. The fourth-order valence-electron chi connectivity index (χ4n) is 0.710. The maximum absolute atomic E-state index is 10.9. The van der Waals surface area contributed by atoms with Crippen LogP contribution in [0.5, 0.6) is 0 Å². The molecule has 1 unspecified atom stereocenters. The van der Waals surface area contributed by atoms with Gasteiger partial charge in [-0.2, -0.15) is 0 Å². The molecule has 0 amide bonds. The van der Waals surface area contributed by atoms with Gasteiger partial charge in [0.05, 0.1) is 4.90 Å². The van der Waals surface area contributed by atoms with Gasteiger partial charge in [0.25, 0.3) is 0 Å². The van der Waals surface area contributed by atoms with Crippen molar-refractivity contribution in [3.63, 3.8) is 0 Å². The number of hydrogen-bond donors (Lipinski definition) is 1. The molecule has 1 atom stereocenters. The molecule has 0 bridgehead atoms. The van der Waals surface area contributed by atoms with Crippen LogP contribution in [0.3, 0.4) is 0 Å². The molecule has 5 heteroatoms. The first-order chi connectivity index (χ1) is 5.00. The Morgan fingerprint density at radius 3 is 2.08 bits per heavy atom. The number of rotatable bonds is 1. The van der Waals surface area contributed by atoms with Gasteiger partial charge in [-0.05, 0) is 19.1 Å². The molecule has 2 nitrogen and oxygen atoms in total. The molecule has 0 heterocycles. The summed E-state index contributed by atoms with van der Waals surface area (Å²) in [6.07, 6.45) is 0. The summed E-state index contributed by atoms with van der Waals surface area (Å²) in [6.45, 7) is 1.91. The molecule has 0 saturated carbocycles. The Morgan fingerprint density at radius 2 is 1.75 bits per heavy atom. The molecular weight excluding hydrogens is 219 g/mol. The van der Waals surface area contributed by atoms with Crippen LogP contribution in [-0.2, 0) is 20.0 Å². The molecule has 0 aliphatic heterocycles. The van der Waals surface area contributed by atoms with E-state index in [1.165, 1.54) is 0 Å². The van der Waals surface area contributed by atoms with Gasteiger partial charge in [-0.15, -0.1) is 0 Å². The average molecular weight is 227 g/mol. The quantitative estimate of drug-likeness (QED) is 0.732. The van der Waals surface area contributed by atoms with Gasteiger partial charge in [0, 0.05) is 62.6 Å². The first kappa shape index (κ1) is 13.2. The Morgan fingerprint density at radius 1 is 1.33 bits per heavy atom. The van der Waals surface area contributed by atoms with E-state index >= 15 is 0 Å². The van der Waals surface area contributed by atoms with E-state index < -0.39 is 8.77 Å². The second-order valence-corrected chi connectivity index (χ2v) is 5.07. The van der Waals surface area contributed by atoms with Crippen molar-refractivity contribution in [2.75, 3.05) is 0 Å². The third kappa shape index (κ3) is 3.93. The Kier molecular flexibility index (Phi) is 5.67. The zero-order valence-corrected chi connectivity index (χ0v) is 11.7. The molecule has 12 heavy (non-hydrogen) atoms. The molecule has 0 spiro atoms. The minimum Gasteiger partial charge on any atom is -0.302 e. The minimum absolute atomic E-state index is 0. The first-order valence-corrected chi connectivity index (χ1v) is 5.48. The predicted molar refractivity (Wildman–Crippen MR) is 53.3 cm³/mol. The van der Waals surface area contributed by atoms with Gasteiger partial charge < -0.3 is 4.55 Å². The average Bonchev–Trinajstić information content (AvgIpc) is 1.86. The number of benzene rings is 1. The molecule has 0 saturated heterocycles. The topological polar surface area (TPSA) is 37.3 Å². The zero-order valence-electron chi connectivity index (χ0n) is 6.98. The van der Waals surface area contributed by atoms with Crippen LogP contribution < -0.4 is 0 Å². The Hall–Kier alpha value is 1.19. The zero-order chi connectivity index (χ0) is 8.48. The SMILES string of the molecule is Cc1ccc(S(=O)(O)=S)cc1.[K]. The van der Waals surface area contributed by atoms with Gasteiger partial charge in [0.1, 0.15) is 0 Å². The van der Waals surface area contributed by atoms with Crippen molar-refractivity contribution >= 4 is 71.3 Å². The fraction of sp³-hybridized carbons (Fsp3) is 0.143. The normalized spacial score (nSPS) is 14.5. The second kappa shape index (κ2) is 5.16. The summed E-state index contributed by atoms with van der Waals surface area (Å²) < 4.78 is 19.8. The van der Waals surface area contributed by atoms with Gasteiger partial charge >= 0.3 is 0 Å². The minimum atomic E-state index is -3.19. The molecular formula is C7H8KO2S2. The van der Waals surface area contributed by atoms with E-state index in [2.05, 4.69) is 11.2 Å². The van der Waals surface area contributed by atoms with Crippen LogP contribution in [-0.4, -0.2) is 60.1 Å². The summed E-state index contributed by atoms with van der Waals surface area (Å²) in [7, 11) is -3.19. The summed E-state index contributed by atoms with van der Waals surface area (Å²) in [6, 6.07) is 6.67. The van der Waals surface area contributed by atoms with Crippen molar-refractivity contribution in [1.29, 1.82) is 0 Å². The van der Waals surface area contributed by atoms with E-state index in [1.54, 1.807) is 24.3 Å². The summed E-state index contributed by atoms with van der Waals surface area (Å²) in [5.41, 5.74) is 1.05. The van der Waals surface area contributed by atoms with Crippen LogP contribution in [0.4, 0.5) is 0 Å². The van der Waals surface area contributed by atoms with Crippen molar-refractivity contribution in [3.05, 3.63) is 29.8 Å². The molecule has 1 aromatic rings. The van der Waals surface area contributed by atoms with Crippen LogP contribution in [0.1, 0.15) is 5.56 Å². The molecule has 61 valence electrons. The van der Waals surface area contributed by atoms with E-state index in [0.29, 0.717) is 4.90 Å². The number of aryl methyl sites for hydroxylation is 1. The van der Waals surface area contributed by atoms with Gasteiger partial charge in [-0.3, -0.25) is 0 Å². The summed E-state index contributed by atoms with van der Waals surface area (Å²) in [4.78, 5) is 0.304. The Balaban J connectivity index is 0.00000121. The fourth-order valence-corrected chi connectivity index (χ4v) is 1.52. The van der Waals surface area contributed by atoms with Crippen LogP contribution in [0.25, 0.3) is 0 Å². The number of hydrogen-bond acceptors (Lipinski definition) is 2. The summed E-state index contributed by atoms with van der Waals surface area (Å²) in [5.74, 6) is 0. The monoisotopic (exact) mass is 227 g/mol. The van der Waals surface area contributed by atoms with Crippen molar-refractivity contribution in [1.82, 2.24) is 0 Å². The van der Waals surface area contributed by atoms with E-state index in [4.69, 9.17) is 4.55 Å². The van der Waals surface area contributed by atoms with Gasteiger partial charge in [-0.25, -0.2) is 4.21 Å². The molecule has 0 aliphatic carbocycles. The van der Waals surface area contributed by atoms with Gasteiger partial charge in [-0.1, -0.05) is 17.7 Å². The summed E-state index contributed by atoms with van der Waals surface area (Å²) >= 11 is 4.38. The van der Waals surface area contributed by atoms with Gasteiger partial charge in [0.2, 0.25) is 0 Å². The van der Waals surface area contributed by atoms with Crippen molar-refractivity contribution in [3.8, 4) is 0 Å². The van der Waals surface area contributed by atoms with Crippen LogP contribution in [0.15, 0.2) is 29.2 Å². The molecule has 0 aliphatic rings. The van der Waals surface area contributed by atoms with E-state index in [9.17, 15) is 4.21 Å². The molecule has 0 fully saturated rings. The third-order valence-corrected chi connectivity index (χ3v) is 2.76. The summed E-state index contributed by atoms with van der Waals surface area (Å²) in [5, 5.41) is 0. The molecule has 1 radical (unpaired) electrons. The molecule has 1 rings (SSSR count). The maximum atomic E-state index is 10.9. The molecule has 1 aromatic carbocycles. The smallest absolute Gasteiger partial charge is 0.171 e. The third-order valence-electron chi connectivity index (χ3n) is 1.32. The van der Waals surface area contributed by atoms with Crippen LogP contribution >= 0.6 is 0 Å². The standard InChI is InChI=1S/C7H8O2S2.K/c1-6-2-4-7(5-3-6)11(8,9)10;/h2-5H,1H3,(H,8,9,10);. The van der Waals surface area contributed by atoms with Crippen molar-refractivity contribution in [2.24, 2.45) is 0 Å². The van der Waals surface area contributed by atoms with Crippen molar-refractivity contribution < 1.29 is 8.76 Å². The largest absolute Gasteiger partial charge is 0.302 e.